The van der Waals surface area contributed by atoms with Gasteiger partial charge in [0.05, 0.1) is 29.6 Å². The van der Waals surface area contributed by atoms with Crippen molar-refractivity contribution in [2.24, 2.45) is 5.16 Å². The molecule has 1 atom stereocenters. The Morgan fingerprint density at radius 2 is 1.87 bits per heavy atom. The fraction of sp³-hybridized carbons (Fsp3) is 0.500. The zero-order valence-corrected chi connectivity index (χ0v) is 23.2. The topological polar surface area (TPSA) is 148 Å². The van der Waals surface area contributed by atoms with Crippen LogP contribution in [0, 0.1) is 5.13 Å². The average molecular weight is 590 g/mol. The molecule has 1 N–H and O–H groups in total. The van der Waals surface area contributed by atoms with Crippen LogP contribution in [-0.4, -0.2) is 93.8 Å². The maximum Gasteiger partial charge on any atom is 0.280 e. The van der Waals surface area contributed by atoms with Gasteiger partial charge in [0.1, 0.15) is 0 Å². The number of sulfonamides is 2. The van der Waals surface area contributed by atoms with E-state index < -0.39 is 36.3 Å². The van der Waals surface area contributed by atoms with Crippen LogP contribution < -0.4 is 5.32 Å². The fourth-order valence-electron chi connectivity index (χ4n) is 4.02. The molecule has 16 heteroatoms. The molecular formula is C22H28FN5O7S3. The molecule has 2 aromatic rings. The minimum absolute atomic E-state index is 0.0120. The quantitative estimate of drug-likeness (QED) is 0.342. The van der Waals surface area contributed by atoms with Crippen molar-refractivity contribution in [2.45, 2.75) is 35.5 Å². The van der Waals surface area contributed by atoms with Crippen molar-refractivity contribution in [1.82, 2.24) is 13.6 Å². The summed E-state index contributed by atoms with van der Waals surface area (Å²) in [6, 6.07) is 5.53. The Labute approximate surface area is 224 Å². The third-order valence-electron chi connectivity index (χ3n) is 6.19. The first-order valence-corrected chi connectivity index (χ1v) is 15.5. The molecule has 2 aliphatic heterocycles. The molecular weight excluding hydrogens is 561 g/mol. The van der Waals surface area contributed by atoms with E-state index >= 15 is 0 Å². The lowest BCUT2D eigenvalue weighted by atomic mass is 10.1. The van der Waals surface area contributed by atoms with Gasteiger partial charge < -0.3 is 9.57 Å². The summed E-state index contributed by atoms with van der Waals surface area (Å²) < 4.78 is 72.2. The number of thiazole rings is 1. The summed E-state index contributed by atoms with van der Waals surface area (Å²) in [4.78, 5) is 22.1. The molecule has 0 bridgehead atoms. The molecule has 4 rings (SSSR count). The van der Waals surface area contributed by atoms with Gasteiger partial charge in [-0.1, -0.05) is 28.6 Å². The van der Waals surface area contributed by atoms with Crippen molar-refractivity contribution in [3.63, 3.8) is 0 Å². The predicted molar refractivity (Wildman–Crippen MR) is 138 cm³/mol. The average Bonchev–Trinajstić information content (AvgIpc) is 3.56. The number of ether oxygens (including phenoxy) is 1. The van der Waals surface area contributed by atoms with Gasteiger partial charge in [0.2, 0.25) is 20.0 Å². The molecule has 1 aromatic carbocycles. The Morgan fingerprint density at radius 1 is 1.18 bits per heavy atom. The van der Waals surface area contributed by atoms with Gasteiger partial charge >= 0.3 is 0 Å². The zero-order chi connectivity index (χ0) is 27.5. The first-order valence-electron chi connectivity index (χ1n) is 11.7. The minimum atomic E-state index is -3.90. The number of rotatable bonds is 9. The first-order chi connectivity index (χ1) is 18.0. The predicted octanol–water partition coefficient (Wildman–Crippen LogP) is 1.48. The maximum absolute atomic E-state index is 13.3. The lowest BCUT2D eigenvalue weighted by Gasteiger charge is -2.32. The van der Waals surface area contributed by atoms with Crippen LogP contribution in [0.2, 0.25) is 0 Å². The van der Waals surface area contributed by atoms with Crippen LogP contribution in [0.3, 0.4) is 0 Å². The van der Waals surface area contributed by atoms with Crippen molar-refractivity contribution in [2.75, 3.05) is 45.7 Å². The first kappa shape index (κ1) is 28.5. The number of carbonyl (C=O) groups is 1. The number of hydrogen-bond donors (Lipinski definition) is 1. The van der Waals surface area contributed by atoms with Gasteiger partial charge in [-0.2, -0.15) is 8.70 Å². The molecule has 0 saturated carbocycles. The smallest absolute Gasteiger partial charge is 0.280 e. The van der Waals surface area contributed by atoms with Crippen molar-refractivity contribution in [1.29, 1.82) is 0 Å². The van der Waals surface area contributed by atoms with E-state index in [1.165, 1.54) is 42.7 Å². The molecule has 3 heterocycles. The number of halogens is 1. The minimum Gasteiger partial charge on any atom is -0.389 e. The van der Waals surface area contributed by atoms with Crippen LogP contribution in [0.5, 0.6) is 0 Å². The highest BCUT2D eigenvalue weighted by molar-refractivity contribution is 7.90. The summed E-state index contributed by atoms with van der Waals surface area (Å²) in [5.74, 6) is -0.710. The summed E-state index contributed by atoms with van der Waals surface area (Å²) in [5, 5.41) is 5.28. The highest BCUT2D eigenvalue weighted by atomic mass is 32.2. The Kier molecular flexibility index (Phi) is 8.78. The number of amides is 1. The summed E-state index contributed by atoms with van der Waals surface area (Å²) in [6.07, 6.45) is 1.61. The Balaban J connectivity index is 1.51. The molecule has 0 unspecified atom stereocenters. The van der Waals surface area contributed by atoms with E-state index in [2.05, 4.69) is 15.5 Å². The van der Waals surface area contributed by atoms with E-state index in [9.17, 15) is 26.0 Å². The van der Waals surface area contributed by atoms with Gasteiger partial charge in [0.15, 0.2) is 22.1 Å². The van der Waals surface area contributed by atoms with Crippen molar-refractivity contribution >= 4 is 48.1 Å². The lowest BCUT2D eigenvalue weighted by molar-refractivity contribution is -0.110. The van der Waals surface area contributed by atoms with E-state index in [1.54, 1.807) is 0 Å². The Hall–Kier alpha value is -2.50. The number of nitrogens with one attached hydrogen (secondary N) is 1. The van der Waals surface area contributed by atoms with Crippen LogP contribution in [0.25, 0.3) is 0 Å². The second-order valence-electron chi connectivity index (χ2n) is 8.91. The molecule has 38 heavy (non-hydrogen) atoms. The van der Waals surface area contributed by atoms with Gasteiger partial charge in [-0.05, 0) is 25.0 Å². The van der Waals surface area contributed by atoms with E-state index in [0.29, 0.717) is 31.0 Å². The third-order valence-corrected chi connectivity index (χ3v) is 11.1. The van der Waals surface area contributed by atoms with E-state index in [-0.39, 0.29) is 53.3 Å². The second-order valence-corrected chi connectivity index (χ2v) is 14.3. The molecule has 208 valence electrons. The Morgan fingerprint density at radius 3 is 2.42 bits per heavy atom. The molecule has 1 amide bonds. The van der Waals surface area contributed by atoms with Gasteiger partial charge in [0, 0.05) is 39.2 Å². The number of oxime groups is 1. The monoisotopic (exact) mass is 589 g/mol. The third kappa shape index (κ3) is 6.38. The van der Waals surface area contributed by atoms with E-state index in [0.717, 1.165) is 10.5 Å². The molecule has 0 aliphatic carbocycles. The molecule has 0 radical (unpaired) electrons. The normalized spacial score (nSPS) is 20.1. The SMILES string of the molecule is CN(C)S(=O)(=O)C1CCN(S(=O)(=O)c2ccc(C(=NO[C@@H]3CCOC3)C(=O)Nc3ncc(F)s3)cc2)CC1. The second kappa shape index (κ2) is 11.7. The van der Waals surface area contributed by atoms with E-state index in [1.807, 2.05) is 0 Å². The van der Waals surface area contributed by atoms with Gasteiger partial charge in [-0.25, -0.2) is 26.1 Å². The number of piperidine rings is 1. The fourth-order valence-corrected chi connectivity index (χ4v) is 7.43. The Bertz CT molecular complexity index is 1380. The highest BCUT2D eigenvalue weighted by Crippen LogP contribution is 2.25. The summed E-state index contributed by atoms with van der Waals surface area (Å²) in [7, 11) is -4.46. The van der Waals surface area contributed by atoms with E-state index in [4.69, 9.17) is 9.57 Å². The molecule has 0 spiro atoms. The van der Waals surface area contributed by atoms with Crippen LogP contribution in [0.15, 0.2) is 40.5 Å². The van der Waals surface area contributed by atoms with Gasteiger partial charge in [0.25, 0.3) is 5.91 Å². The number of benzene rings is 1. The standard InChI is InChI=1S/C22H28FN5O7S3/c1-27(2)37(30,31)18-7-10-28(11-8-18)38(32,33)17-5-3-15(4-6-17)20(26-35-16-9-12-34-14-16)21(29)25-22-24-13-19(23)36-22/h3-6,13,16,18H,7-12,14H2,1-2H3,(H,24,25,29)/t16-/m1/s1. The molecule has 2 aliphatic rings. The number of aromatic nitrogens is 1. The van der Waals surface area contributed by atoms with Crippen molar-refractivity contribution in [3.8, 4) is 0 Å². The summed E-state index contributed by atoms with van der Waals surface area (Å²) in [6.45, 7) is 0.960. The van der Waals surface area contributed by atoms with Crippen molar-refractivity contribution < 1.29 is 35.6 Å². The zero-order valence-electron chi connectivity index (χ0n) is 20.7. The maximum atomic E-state index is 13.3. The number of nitrogens with zero attached hydrogens (tertiary/aromatic N) is 4. The molecule has 1 aromatic heterocycles. The van der Waals surface area contributed by atoms with Crippen LogP contribution in [0.4, 0.5) is 9.52 Å². The lowest BCUT2D eigenvalue weighted by Crippen LogP contribution is -2.45. The molecule has 12 nitrogen and oxygen atoms in total. The van der Waals surface area contributed by atoms with Crippen molar-refractivity contribution in [3.05, 3.63) is 41.2 Å². The highest BCUT2D eigenvalue weighted by Gasteiger charge is 2.36. The van der Waals surface area contributed by atoms with Crippen LogP contribution in [-0.2, 0) is 34.4 Å². The number of anilines is 1. The largest absolute Gasteiger partial charge is 0.389 e. The van der Waals surface area contributed by atoms with Crippen LogP contribution >= 0.6 is 11.3 Å². The molecule has 2 saturated heterocycles. The summed E-state index contributed by atoms with van der Waals surface area (Å²) >= 11 is 0.646. The summed E-state index contributed by atoms with van der Waals surface area (Å²) in [5.41, 5.74) is 0.124. The molecule has 2 fully saturated rings. The number of carbonyl (C=O) groups excluding carboxylic acids is 1. The van der Waals surface area contributed by atoms with Gasteiger partial charge in [-0.15, -0.1) is 0 Å². The van der Waals surface area contributed by atoms with Gasteiger partial charge in [-0.3, -0.25) is 10.1 Å². The van der Waals surface area contributed by atoms with Crippen LogP contribution in [0.1, 0.15) is 24.8 Å². The number of hydrogen-bond acceptors (Lipinski definition) is 10.